The molecule has 0 spiro atoms. The van der Waals surface area contributed by atoms with Crippen LogP contribution in [-0.2, 0) is 22.8 Å². The number of pyridine rings is 1. The molecule has 1 saturated carbocycles. The molecule has 4 rings (SSSR count). The highest BCUT2D eigenvalue weighted by molar-refractivity contribution is 5.99. The summed E-state index contributed by atoms with van der Waals surface area (Å²) in [6.45, 7) is 2.57. The van der Waals surface area contributed by atoms with Gasteiger partial charge in [-0.05, 0) is 41.9 Å². The monoisotopic (exact) mass is 504 g/mol. The first-order valence-corrected chi connectivity index (χ1v) is 11.8. The SMILES string of the molecule is CC1CCC([C@H](NC(=O)C2=CCN=[N+]2C)C(=O)Nc2ccc(-c3c(C(F)(F)F)cnn3C)cn2)CC1. The molecule has 12 heteroatoms. The van der Waals surface area contributed by atoms with Crippen molar-refractivity contribution in [1.29, 1.82) is 0 Å². The fourth-order valence-electron chi connectivity index (χ4n) is 4.73. The third-order valence-corrected chi connectivity index (χ3v) is 6.79. The van der Waals surface area contributed by atoms with Gasteiger partial charge in [0.2, 0.25) is 5.91 Å². The number of nitrogens with one attached hydrogen (secondary N) is 2. The summed E-state index contributed by atoms with van der Waals surface area (Å²) in [6.07, 6.45) is 2.68. The Labute approximate surface area is 206 Å². The van der Waals surface area contributed by atoms with E-state index in [1.165, 1.54) is 30.1 Å². The van der Waals surface area contributed by atoms with Gasteiger partial charge in [0.25, 0.3) is 5.70 Å². The summed E-state index contributed by atoms with van der Waals surface area (Å²) in [5.41, 5.74) is -0.382. The lowest BCUT2D eigenvalue weighted by molar-refractivity contribution is -0.505. The quantitative estimate of drug-likeness (QED) is 0.585. The number of azo groups is 2. The minimum atomic E-state index is -4.56. The average molecular weight is 505 g/mol. The molecule has 2 amide bonds. The van der Waals surface area contributed by atoms with Crippen molar-refractivity contribution in [1.82, 2.24) is 20.1 Å². The maximum Gasteiger partial charge on any atom is 0.420 e. The zero-order chi connectivity index (χ0) is 26.0. The minimum absolute atomic E-state index is 0.0440. The van der Waals surface area contributed by atoms with Gasteiger partial charge < -0.3 is 10.6 Å². The summed E-state index contributed by atoms with van der Waals surface area (Å²) in [5, 5.41) is 13.4. The number of hydrogen-bond donors (Lipinski definition) is 2. The van der Waals surface area contributed by atoms with Crippen molar-refractivity contribution in [2.24, 2.45) is 24.0 Å². The lowest BCUT2D eigenvalue weighted by Crippen LogP contribution is -2.50. The molecule has 36 heavy (non-hydrogen) atoms. The van der Waals surface area contributed by atoms with Crippen molar-refractivity contribution in [3.05, 3.63) is 41.9 Å². The number of amides is 2. The van der Waals surface area contributed by atoms with Gasteiger partial charge in [0.05, 0.1) is 11.9 Å². The van der Waals surface area contributed by atoms with E-state index in [2.05, 4.69) is 32.8 Å². The van der Waals surface area contributed by atoms with Crippen LogP contribution in [0, 0.1) is 11.8 Å². The Bertz CT molecular complexity index is 1190. The molecule has 1 atom stereocenters. The fourth-order valence-corrected chi connectivity index (χ4v) is 4.73. The van der Waals surface area contributed by atoms with Crippen LogP contribution in [0.1, 0.15) is 38.2 Å². The molecule has 0 bridgehead atoms. The fraction of sp³-hybridized carbons (Fsp3) is 0.500. The molecule has 192 valence electrons. The Morgan fingerprint density at radius 3 is 2.47 bits per heavy atom. The zero-order valence-corrected chi connectivity index (χ0v) is 20.3. The van der Waals surface area contributed by atoms with Crippen LogP contribution >= 0.6 is 0 Å². The average Bonchev–Trinajstić information content (AvgIpc) is 3.44. The molecule has 2 N–H and O–H groups in total. The van der Waals surface area contributed by atoms with E-state index >= 15 is 0 Å². The van der Waals surface area contributed by atoms with Crippen LogP contribution in [0.4, 0.5) is 19.0 Å². The van der Waals surface area contributed by atoms with E-state index in [1.807, 2.05) is 0 Å². The zero-order valence-electron chi connectivity index (χ0n) is 20.3. The van der Waals surface area contributed by atoms with Crippen LogP contribution in [0.25, 0.3) is 11.3 Å². The van der Waals surface area contributed by atoms with E-state index in [0.717, 1.165) is 36.6 Å². The van der Waals surface area contributed by atoms with E-state index in [-0.39, 0.29) is 28.9 Å². The number of aromatic nitrogens is 3. The van der Waals surface area contributed by atoms with E-state index in [4.69, 9.17) is 0 Å². The summed E-state index contributed by atoms with van der Waals surface area (Å²) in [4.78, 5) is 30.3. The lowest BCUT2D eigenvalue weighted by atomic mass is 9.79. The third kappa shape index (κ3) is 5.47. The normalized spacial score (nSPS) is 20.9. The summed E-state index contributed by atoms with van der Waals surface area (Å²) in [7, 11) is 3.09. The molecule has 9 nitrogen and oxygen atoms in total. The summed E-state index contributed by atoms with van der Waals surface area (Å²) >= 11 is 0. The van der Waals surface area contributed by atoms with Gasteiger partial charge in [-0.2, -0.15) is 18.3 Å². The van der Waals surface area contributed by atoms with Crippen LogP contribution in [0.2, 0.25) is 0 Å². The second-order valence-corrected chi connectivity index (χ2v) is 9.36. The highest BCUT2D eigenvalue weighted by Crippen LogP contribution is 2.36. The molecule has 0 radical (unpaired) electrons. The van der Waals surface area contributed by atoms with Gasteiger partial charge in [-0.1, -0.05) is 24.5 Å². The van der Waals surface area contributed by atoms with Gasteiger partial charge >= 0.3 is 12.1 Å². The van der Waals surface area contributed by atoms with Crippen molar-refractivity contribution in [2.75, 3.05) is 18.9 Å². The Kier molecular flexibility index (Phi) is 7.23. The van der Waals surface area contributed by atoms with E-state index in [9.17, 15) is 22.8 Å². The number of hydrogen-bond acceptors (Lipinski definition) is 5. The summed E-state index contributed by atoms with van der Waals surface area (Å²) < 4.78 is 42.7. The molecular formula is C24H29F3N7O2+. The van der Waals surface area contributed by atoms with Crippen LogP contribution in [0.15, 0.2) is 41.4 Å². The first-order chi connectivity index (χ1) is 17.0. The molecule has 2 aromatic rings. The maximum atomic E-state index is 13.4. The van der Waals surface area contributed by atoms with Gasteiger partial charge in [-0.3, -0.25) is 14.3 Å². The summed E-state index contributed by atoms with van der Waals surface area (Å²) in [6, 6.07) is 2.11. The van der Waals surface area contributed by atoms with E-state index < -0.39 is 23.7 Å². The molecule has 0 saturated heterocycles. The molecule has 2 aliphatic rings. The lowest BCUT2D eigenvalue weighted by Gasteiger charge is -2.32. The number of aryl methyl sites for hydroxylation is 1. The minimum Gasteiger partial charge on any atom is -0.335 e. The van der Waals surface area contributed by atoms with Gasteiger partial charge in [0.15, 0.2) is 7.05 Å². The molecule has 2 aromatic heterocycles. The van der Waals surface area contributed by atoms with Crippen LogP contribution in [0.5, 0.6) is 0 Å². The Morgan fingerprint density at radius 1 is 1.17 bits per heavy atom. The highest BCUT2D eigenvalue weighted by Gasteiger charge is 2.37. The molecule has 0 aromatic carbocycles. The topological polar surface area (TPSA) is 104 Å². The number of carbonyl (C=O) groups excluding carboxylic acids is 2. The van der Waals surface area contributed by atoms with Crippen LogP contribution in [0.3, 0.4) is 0 Å². The number of rotatable bonds is 6. The second-order valence-electron chi connectivity index (χ2n) is 9.36. The molecule has 1 aliphatic carbocycles. The summed E-state index contributed by atoms with van der Waals surface area (Å²) in [5.74, 6) is -0.104. The van der Waals surface area contributed by atoms with Crippen molar-refractivity contribution in [3.63, 3.8) is 0 Å². The Morgan fingerprint density at radius 2 is 1.89 bits per heavy atom. The molecule has 0 unspecified atom stereocenters. The molecule has 3 heterocycles. The van der Waals surface area contributed by atoms with Crippen molar-refractivity contribution >= 4 is 17.6 Å². The van der Waals surface area contributed by atoms with Crippen molar-refractivity contribution in [3.8, 4) is 11.3 Å². The number of alkyl halides is 3. The van der Waals surface area contributed by atoms with E-state index in [1.54, 1.807) is 13.1 Å². The Hall–Kier alpha value is -3.57. The van der Waals surface area contributed by atoms with E-state index in [0.29, 0.717) is 18.2 Å². The predicted octanol–water partition coefficient (Wildman–Crippen LogP) is 3.74. The Balaban J connectivity index is 1.52. The number of anilines is 1. The molecule has 1 aliphatic heterocycles. The smallest absolute Gasteiger partial charge is 0.335 e. The molecular weight excluding hydrogens is 475 g/mol. The van der Waals surface area contributed by atoms with Crippen LogP contribution in [-0.4, -0.2) is 50.9 Å². The molecule has 1 fully saturated rings. The first kappa shape index (κ1) is 25.5. The number of carbonyl (C=O) groups is 2. The van der Waals surface area contributed by atoms with Crippen molar-refractivity contribution in [2.45, 2.75) is 44.8 Å². The first-order valence-electron chi connectivity index (χ1n) is 11.8. The standard InChI is InChI=1S/C24H28F3N7O2/c1-14-4-6-15(7-5-14)20(32-22(35)18-10-11-29-33(18)2)23(36)31-19-9-8-16(12-28-19)21-17(24(25,26)27)13-30-34(21)3/h8-10,12-15,20H,4-7,11H2,1-3H3,(H-,28,30,31,32,35,36)/p+1/t14?,15?,20-/m0/s1. The number of halogens is 3. The number of likely N-dealkylation sites (N-methyl/N-ethyl adjacent to an activating group) is 1. The third-order valence-electron chi connectivity index (χ3n) is 6.79. The second kappa shape index (κ2) is 10.2. The van der Waals surface area contributed by atoms with Gasteiger partial charge in [0, 0.05) is 24.9 Å². The van der Waals surface area contributed by atoms with Gasteiger partial charge in [-0.25, -0.2) is 4.98 Å². The van der Waals surface area contributed by atoms with Gasteiger partial charge in [-0.15, -0.1) is 0 Å². The van der Waals surface area contributed by atoms with Gasteiger partial charge in [0.1, 0.15) is 24.0 Å². The van der Waals surface area contributed by atoms with Crippen LogP contribution < -0.4 is 10.6 Å². The van der Waals surface area contributed by atoms with Crippen molar-refractivity contribution < 1.29 is 27.5 Å². The number of nitrogens with zero attached hydrogens (tertiary/aromatic N) is 5. The predicted molar refractivity (Wildman–Crippen MR) is 125 cm³/mol. The maximum absolute atomic E-state index is 13.4. The largest absolute Gasteiger partial charge is 0.420 e. The highest BCUT2D eigenvalue weighted by atomic mass is 19.4.